The molecule has 0 spiro atoms. The molecular formula is C34H30N4O6. The van der Waals surface area contributed by atoms with Crippen LogP contribution in [0.1, 0.15) is 25.0 Å². The van der Waals surface area contributed by atoms with Gasteiger partial charge in [0.2, 0.25) is 0 Å². The van der Waals surface area contributed by atoms with E-state index in [2.05, 4.69) is 15.1 Å². The van der Waals surface area contributed by atoms with Crippen LogP contribution < -0.4 is 14.4 Å². The van der Waals surface area contributed by atoms with Crippen molar-refractivity contribution in [1.82, 2.24) is 0 Å². The third kappa shape index (κ3) is 8.80. The minimum atomic E-state index is -0.755. The third-order valence-corrected chi connectivity index (χ3v) is 6.34. The Balaban J connectivity index is 1.63. The number of anilines is 1. The van der Waals surface area contributed by atoms with Crippen LogP contribution in [-0.2, 0) is 9.59 Å². The summed E-state index contributed by atoms with van der Waals surface area (Å²) in [5, 5.41) is 19.9. The van der Waals surface area contributed by atoms with E-state index in [1.165, 1.54) is 24.3 Å². The molecule has 0 amide bonds. The fourth-order valence-electron chi connectivity index (χ4n) is 4.08. The van der Waals surface area contributed by atoms with Gasteiger partial charge in [-0.1, -0.05) is 60.7 Å². The number of carbonyl (C=O) groups excluding carboxylic acids is 2. The van der Waals surface area contributed by atoms with Gasteiger partial charge in [-0.2, -0.15) is 0 Å². The van der Waals surface area contributed by atoms with Gasteiger partial charge in [0.25, 0.3) is 5.69 Å². The van der Waals surface area contributed by atoms with E-state index in [-0.39, 0.29) is 28.6 Å². The smallest absolute Gasteiger partial charge is 0.336 e. The van der Waals surface area contributed by atoms with Gasteiger partial charge in [-0.25, -0.2) is 9.59 Å². The molecule has 0 aromatic heterocycles. The highest BCUT2D eigenvalue weighted by Crippen LogP contribution is 2.37. The van der Waals surface area contributed by atoms with Crippen molar-refractivity contribution in [2.24, 2.45) is 10.2 Å². The molecule has 10 heteroatoms. The largest absolute Gasteiger partial charge is 0.421 e. The van der Waals surface area contributed by atoms with E-state index in [1.807, 2.05) is 80.6 Å². The molecule has 0 saturated heterocycles. The molecule has 44 heavy (non-hydrogen) atoms. The topological polar surface area (TPSA) is 124 Å². The summed E-state index contributed by atoms with van der Waals surface area (Å²) < 4.78 is 11.1. The molecule has 4 aromatic carbocycles. The van der Waals surface area contributed by atoms with Crippen molar-refractivity contribution in [3.63, 3.8) is 0 Å². The highest BCUT2D eigenvalue weighted by Gasteiger charge is 2.16. The van der Waals surface area contributed by atoms with Crippen molar-refractivity contribution in [3.8, 4) is 11.5 Å². The third-order valence-electron chi connectivity index (χ3n) is 6.34. The van der Waals surface area contributed by atoms with Crippen LogP contribution in [0.4, 0.5) is 22.7 Å². The molecular weight excluding hydrogens is 560 g/mol. The molecule has 0 N–H and O–H groups in total. The summed E-state index contributed by atoms with van der Waals surface area (Å²) in [4.78, 5) is 38.2. The number of rotatable bonds is 12. The van der Waals surface area contributed by atoms with Gasteiger partial charge in [-0.15, -0.1) is 10.2 Å². The lowest BCUT2D eigenvalue weighted by atomic mass is 10.2. The minimum Gasteiger partial charge on any atom is -0.421 e. The molecule has 0 aliphatic rings. The molecule has 4 rings (SSSR count). The van der Waals surface area contributed by atoms with Gasteiger partial charge in [0.1, 0.15) is 11.4 Å². The summed E-state index contributed by atoms with van der Waals surface area (Å²) in [6.45, 7) is 5.49. The second-order valence-electron chi connectivity index (χ2n) is 9.26. The number of hydrogen-bond donors (Lipinski definition) is 0. The van der Waals surface area contributed by atoms with E-state index >= 15 is 0 Å². The van der Waals surface area contributed by atoms with Crippen LogP contribution in [0.25, 0.3) is 12.2 Å². The second kappa shape index (κ2) is 15.4. The first-order valence-electron chi connectivity index (χ1n) is 13.8. The van der Waals surface area contributed by atoms with Gasteiger partial charge in [-0.3, -0.25) is 10.1 Å². The Morgan fingerprint density at radius 1 is 0.727 bits per heavy atom. The van der Waals surface area contributed by atoms with Crippen LogP contribution in [0, 0.1) is 10.1 Å². The Hall–Kier alpha value is -5.90. The van der Waals surface area contributed by atoms with Crippen LogP contribution in [-0.4, -0.2) is 30.0 Å². The van der Waals surface area contributed by atoms with Crippen molar-refractivity contribution in [2.45, 2.75) is 13.8 Å². The first-order valence-corrected chi connectivity index (χ1v) is 13.8. The zero-order valence-corrected chi connectivity index (χ0v) is 24.2. The normalized spacial score (nSPS) is 11.2. The lowest BCUT2D eigenvalue weighted by Crippen LogP contribution is -2.21. The van der Waals surface area contributed by atoms with Crippen molar-refractivity contribution in [3.05, 3.63) is 130 Å². The summed E-state index contributed by atoms with van der Waals surface area (Å²) in [5.41, 5.74) is 2.42. The maximum Gasteiger partial charge on any atom is 0.336 e. The predicted octanol–water partition coefficient (Wildman–Crippen LogP) is 8.09. The van der Waals surface area contributed by atoms with Crippen LogP contribution in [0.15, 0.2) is 119 Å². The Morgan fingerprint density at radius 3 is 1.68 bits per heavy atom. The van der Waals surface area contributed by atoms with Crippen LogP contribution in [0.3, 0.4) is 0 Å². The highest BCUT2D eigenvalue weighted by atomic mass is 16.6. The molecule has 0 saturated carbocycles. The van der Waals surface area contributed by atoms with Gasteiger partial charge in [0, 0.05) is 43.1 Å². The zero-order valence-electron chi connectivity index (χ0n) is 24.2. The molecule has 0 atom stereocenters. The number of hydrogen-bond acceptors (Lipinski definition) is 9. The SMILES string of the molecule is CCN(CC)c1ccc(/N=N/c2ccc([N+](=O)[O-])cc2OC(=O)/C=C/c2ccccc2)c(OC(=O)/C=C/c2ccccc2)c1. The minimum absolute atomic E-state index is 0.0612. The number of nitrogens with zero attached hydrogens (tertiary/aromatic N) is 4. The summed E-state index contributed by atoms with van der Waals surface area (Å²) >= 11 is 0. The number of ether oxygens (including phenoxy) is 2. The van der Waals surface area contributed by atoms with Crippen molar-refractivity contribution in [2.75, 3.05) is 18.0 Å². The number of carbonyl (C=O) groups is 2. The van der Waals surface area contributed by atoms with E-state index in [9.17, 15) is 19.7 Å². The fraction of sp³-hybridized carbons (Fsp3) is 0.118. The maximum atomic E-state index is 12.8. The second-order valence-corrected chi connectivity index (χ2v) is 9.26. The van der Waals surface area contributed by atoms with Gasteiger partial charge in [-0.05, 0) is 55.3 Å². The van der Waals surface area contributed by atoms with Crippen LogP contribution in [0.2, 0.25) is 0 Å². The highest BCUT2D eigenvalue weighted by molar-refractivity contribution is 5.90. The quantitative estimate of drug-likeness (QED) is 0.0408. The number of nitro benzene ring substituents is 1. The van der Waals surface area contributed by atoms with E-state index in [4.69, 9.17) is 9.47 Å². The number of esters is 2. The van der Waals surface area contributed by atoms with Crippen molar-refractivity contribution >= 4 is 46.8 Å². The van der Waals surface area contributed by atoms with Gasteiger partial charge >= 0.3 is 11.9 Å². The summed E-state index contributed by atoms with van der Waals surface area (Å²) in [7, 11) is 0. The molecule has 4 aromatic rings. The van der Waals surface area contributed by atoms with E-state index in [1.54, 1.807) is 24.3 Å². The standard InChI is InChI=1S/C34H30N4O6/c1-3-37(4-2)27-17-19-29(31(23-27)43-33(39)21-15-25-11-7-5-8-12-25)35-36-30-20-18-28(38(41)42)24-32(30)44-34(40)22-16-26-13-9-6-10-14-26/h5-24H,3-4H2,1-2H3/b21-15+,22-16+,36-35+. The molecule has 0 aliphatic heterocycles. The number of azo groups is 1. The van der Waals surface area contributed by atoms with Gasteiger partial charge in [0.05, 0.1) is 11.0 Å². The Kier molecular flexibility index (Phi) is 10.8. The Bertz CT molecular complexity index is 1700. The summed E-state index contributed by atoms with van der Waals surface area (Å²) in [5.74, 6) is -1.37. The lowest BCUT2D eigenvalue weighted by molar-refractivity contribution is -0.384. The molecule has 10 nitrogen and oxygen atoms in total. The van der Waals surface area contributed by atoms with E-state index in [0.29, 0.717) is 0 Å². The van der Waals surface area contributed by atoms with Crippen LogP contribution >= 0.6 is 0 Å². The van der Waals surface area contributed by atoms with Crippen molar-refractivity contribution < 1.29 is 24.0 Å². The number of benzene rings is 4. The lowest BCUT2D eigenvalue weighted by Gasteiger charge is -2.21. The molecule has 0 fully saturated rings. The Morgan fingerprint density at radius 2 is 1.20 bits per heavy atom. The molecule has 0 bridgehead atoms. The zero-order chi connectivity index (χ0) is 31.3. The van der Waals surface area contributed by atoms with E-state index in [0.717, 1.165) is 36.0 Å². The molecule has 0 heterocycles. The van der Waals surface area contributed by atoms with Crippen LogP contribution in [0.5, 0.6) is 11.5 Å². The number of non-ortho nitro benzene ring substituents is 1. The first-order chi connectivity index (χ1) is 21.4. The molecule has 222 valence electrons. The number of nitro groups is 1. The maximum absolute atomic E-state index is 12.8. The van der Waals surface area contributed by atoms with Gasteiger partial charge in [0.15, 0.2) is 11.5 Å². The average Bonchev–Trinajstić information content (AvgIpc) is 3.04. The predicted molar refractivity (Wildman–Crippen MR) is 169 cm³/mol. The van der Waals surface area contributed by atoms with Gasteiger partial charge < -0.3 is 14.4 Å². The van der Waals surface area contributed by atoms with Crippen molar-refractivity contribution in [1.29, 1.82) is 0 Å². The first kappa shape index (κ1) is 31.0. The fourth-order valence-corrected chi connectivity index (χ4v) is 4.08. The van der Waals surface area contributed by atoms with E-state index < -0.39 is 16.9 Å². The Labute approximate surface area is 254 Å². The monoisotopic (exact) mass is 590 g/mol. The molecule has 0 radical (unpaired) electrons. The molecule has 0 unspecified atom stereocenters. The summed E-state index contributed by atoms with van der Waals surface area (Å²) in [6, 6.07) is 27.3. The molecule has 0 aliphatic carbocycles. The average molecular weight is 591 g/mol. The summed E-state index contributed by atoms with van der Waals surface area (Å²) in [6.07, 6.45) is 5.73.